The van der Waals surface area contributed by atoms with E-state index in [0.717, 1.165) is 12.3 Å². The third-order valence-electron chi connectivity index (χ3n) is 3.33. The molecule has 1 unspecified atom stereocenters. The molecule has 1 fully saturated rings. The highest BCUT2D eigenvalue weighted by Crippen LogP contribution is 2.37. The molecule has 0 aromatic carbocycles. The number of hydrogen-bond acceptors (Lipinski definition) is 4. The third kappa shape index (κ3) is 5.52. The number of nitrogens with two attached hydrogens (primary N) is 1. The Labute approximate surface area is 137 Å². The lowest BCUT2D eigenvalue weighted by Gasteiger charge is -2.32. The molecule has 2 heterocycles. The lowest BCUT2D eigenvalue weighted by Crippen LogP contribution is -2.44. The van der Waals surface area contributed by atoms with Crippen molar-refractivity contribution in [3.8, 4) is 0 Å². The number of nitrogens with zero attached hydrogens (tertiary/aromatic N) is 1. The number of aromatic nitrogens is 1. The normalized spacial score (nSPS) is 19.5. The molecular formula is C13H14F5N3O4. The highest BCUT2D eigenvalue weighted by Gasteiger charge is 2.43. The Morgan fingerprint density at radius 3 is 2.40 bits per heavy atom. The van der Waals surface area contributed by atoms with Crippen LogP contribution < -0.4 is 15.8 Å². The minimum atomic E-state index is -5.08. The number of carbonyl (C=O) groups is 2. The molecular weight excluding hydrogens is 357 g/mol. The Morgan fingerprint density at radius 2 is 1.96 bits per heavy atom. The van der Waals surface area contributed by atoms with Crippen molar-refractivity contribution < 1.29 is 41.4 Å². The smallest absolute Gasteiger partial charge is 0.490 e. The first kappa shape index (κ1) is 20.5. The standard InChI is InChI=1S/C11H13F2N3O2.C2HF3O2/c12-11(13)2-3-15-6-8(11)7-1-4-16(18)9(5-7)10(14)17;3-2(4,5)1(6)7/h1,4-5,8,15H,2-3,6H2,(H2,14,17);(H,6,7). The SMILES string of the molecule is NC(=O)c1cc(C2CNCCC2(F)F)cc[n+]1[O-].O=C(O)C(F)(F)F. The van der Waals surface area contributed by atoms with Crippen LogP contribution in [0.5, 0.6) is 0 Å². The first-order valence-corrected chi connectivity index (χ1v) is 6.78. The van der Waals surface area contributed by atoms with Crippen LogP contribution in [0.3, 0.4) is 0 Å². The first-order valence-electron chi connectivity index (χ1n) is 6.78. The van der Waals surface area contributed by atoms with Crippen molar-refractivity contribution in [3.63, 3.8) is 0 Å². The van der Waals surface area contributed by atoms with Gasteiger partial charge in [-0.1, -0.05) is 0 Å². The number of piperidine rings is 1. The van der Waals surface area contributed by atoms with Gasteiger partial charge in [0.2, 0.25) is 0 Å². The Morgan fingerprint density at radius 1 is 1.40 bits per heavy atom. The summed E-state index contributed by atoms with van der Waals surface area (Å²) in [7, 11) is 0. The zero-order valence-corrected chi connectivity index (χ0v) is 12.5. The predicted molar refractivity (Wildman–Crippen MR) is 72.8 cm³/mol. The highest BCUT2D eigenvalue weighted by molar-refractivity contribution is 5.89. The van der Waals surface area contributed by atoms with Crippen molar-refractivity contribution in [2.45, 2.75) is 24.4 Å². The van der Waals surface area contributed by atoms with Gasteiger partial charge in [0.15, 0.2) is 6.20 Å². The fourth-order valence-corrected chi connectivity index (χ4v) is 2.09. The van der Waals surface area contributed by atoms with Gasteiger partial charge in [0.05, 0.1) is 5.92 Å². The number of pyridine rings is 1. The molecule has 0 radical (unpaired) electrons. The molecule has 0 bridgehead atoms. The topological polar surface area (TPSA) is 119 Å². The molecule has 1 amide bonds. The average Bonchev–Trinajstić information content (AvgIpc) is 2.47. The summed E-state index contributed by atoms with van der Waals surface area (Å²) in [4.78, 5) is 19.9. The summed E-state index contributed by atoms with van der Waals surface area (Å²) < 4.78 is 59.5. The number of carboxylic acid groups (broad SMARTS) is 1. The maximum Gasteiger partial charge on any atom is 0.490 e. The zero-order valence-electron chi connectivity index (χ0n) is 12.5. The van der Waals surface area contributed by atoms with E-state index in [-0.39, 0.29) is 35.5 Å². The van der Waals surface area contributed by atoms with Crippen LogP contribution in [-0.4, -0.2) is 42.2 Å². The van der Waals surface area contributed by atoms with Gasteiger partial charge in [-0.3, -0.25) is 4.79 Å². The molecule has 2 rings (SSSR count). The van der Waals surface area contributed by atoms with Crippen LogP contribution in [0.25, 0.3) is 0 Å². The van der Waals surface area contributed by atoms with Gasteiger partial charge in [-0.2, -0.15) is 17.9 Å². The zero-order chi connectivity index (χ0) is 19.4. The molecule has 140 valence electrons. The molecule has 7 nitrogen and oxygen atoms in total. The van der Waals surface area contributed by atoms with Crippen molar-refractivity contribution in [3.05, 3.63) is 34.8 Å². The summed E-state index contributed by atoms with van der Waals surface area (Å²) in [5.41, 5.74) is 4.94. The van der Waals surface area contributed by atoms with E-state index in [1.54, 1.807) is 0 Å². The number of rotatable bonds is 2. The van der Waals surface area contributed by atoms with Gasteiger partial charge in [0, 0.05) is 31.6 Å². The van der Waals surface area contributed by atoms with E-state index in [1.807, 2.05) is 0 Å². The maximum atomic E-state index is 13.7. The van der Waals surface area contributed by atoms with Crippen LogP contribution in [0.1, 0.15) is 28.4 Å². The third-order valence-corrected chi connectivity index (χ3v) is 3.33. The molecule has 0 saturated carbocycles. The van der Waals surface area contributed by atoms with E-state index in [2.05, 4.69) is 5.32 Å². The van der Waals surface area contributed by atoms with Crippen LogP contribution in [0.4, 0.5) is 22.0 Å². The van der Waals surface area contributed by atoms with Crippen molar-refractivity contribution in [1.29, 1.82) is 0 Å². The van der Waals surface area contributed by atoms with Gasteiger partial charge < -0.3 is 21.4 Å². The van der Waals surface area contributed by atoms with Crippen LogP contribution in [0.2, 0.25) is 0 Å². The van der Waals surface area contributed by atoms with Gasteiger partial charge in [-0.05, 0) is 5.56 Å². The molecule has 1 saturated heterocycles. The van der Waals surface area contributed by atoms with Crippen molar-refractivity contribution >= 4 is 11.9 Å². The number of hydrogen-bond donors (Lipinski definition) is 3. The molecule has 1 aromatic heterocycles. The van der Waals surface area contributed by atoms with E-state index in [9.17, 15) is 32.0 Å². The van der Waals surface area contributed by atoms with Crippen molar-refractivity contribution in [2.24, 2.45) is 5.73 Å². The fourth-order valence-electron chi connectivity index (χ4n) is 2.09. The molecule has 1 aliphatic heterocycles. The molecule has 1 aliphatic rings. The fraction of sp³-hybridized carbons (Fsp3) is 0.462. The summed E-state index contributed by atoms with van der Waals surface area (Å²) in [5.74, 6) is -7.59. The number of alkyl halides is 5. The second-order valence-corrected chi connectivity index (χ2v) is 5.11. The molecule has 25 heavy (non-hydrogen) atoms. The van der Waals surface area contributed by atoms with Crippen LogP contribution in [0.15, 0.2) is 18.3 Å². The number of nitrogens with one attached hydrogen (secondary N) is 1. The van der Waals surface area contributed by atoms with Gasteiger partial charge >= 0.3 is 18.1 Å². The second kappa shape index (κ2) is 7.59. The maximum absolute atomic E-state index is 13.7. The Kier molecular flexibility index (Phi) is 6.24. The Bertz CT molecular complexity index is 651. The van der Waals surface area contributed by atoms with E-state index in [1.165, 1.54) is 6.07 Å². The molecule has 1 aromatic rings. The quantitative estimate of drug-likeness (QED) is 0.403. The van der Waals surface area contributed by atoms with Crippen LogP contribution in [-0.2, 0) is 4.79 Å². The molecule has 0 aliphatic carbocycles. The van der Waals surface area contributed by atoms with E-state index >= 15 is 0 Å². The lowest BCUT2D eigenvalue weighted by molar-refractivity contribution is -0.607. The van der Waals surface area contributed by atoms with Crippen LogP contribution in [0, 0.1) is 5.21 Å². The van der Waals surface area contributed by atoms with Gasteiger partial charge in [0.1, 0.15) is 0 Å². The highest BCUT2D eigenvalue weighted by atomic mass is 19.4. The Hall–Kier alpha value is -2.50. The number of carbonyl (C=O) groups excluding carboxylic acids is 1. The molecule has 12 heteroatoms. The van der Waals surface area contributed by atoms with Gasteiger partial charge in [-0.15, -0.1) is 0 Å². The number of carboxylic acids is 1. The number of amides is 1. The summed E-state index contributed by atoms with van der Waals surface area (Å²) >= 11 is 0. The summed E-state index contributed by atoms with van der Waals surface area (Å²) in [6.45, 7) is 0.356. The largest absolute Gasteiger partial charge is 0.618 e. The van der Waals surface area contributed by atoms with E-state index < -0.39 is 29.9 Å². The van der Waals surface area contributed by atoms with E-state index in [0.29, 0.717) is 0 Å². The second-order valence-electron chi connectivity index (χ2n) is 5.11. The average molecular weight is 371 g/mol. The first-order chi connectivity index (χ1) is 11.4. The van der Waals surface area contributed by atoms with Crippen molar-refractivity contribution in [1.82, 2.24) is 5.32 Å². The van der Waals surface area contributed by atoms with Gasteiger partial charge in [-0.25, -0.2) is 13.6 Å². The molecule has 4 N–H and O–H groups in total. The number of primary amides is 1. The predicted octanol–water partition coefficient (Wildman–Crippen LogP) is 0.764. The monoisotopic (exact) mass is 371 g/mol. The van der Waals surface area contributed by atoms with Gasteiger partial charge in [0.25, 0.3) is 11.6 Å². The Balaban J connectivity index is 0.000000381. The minimum absolute atomic E-state index is 0.105. The molecule has 0 spiro atoms. The number of aliphatic carboxylic acids is 1. The summed E-state index contributed by atoms with van der Waals surface area (Å²) in [6.07, 6.45) is -4.32. The lowest BCUT2D eigenvalue weighted by atomic mass is 9.88. The van der Waals surface area contributed by atoms with Crippen molar-refractivity contribution in [2.75, 3.05) is 13.1 Å². The van der Waals surface area contributed by atoms with E-state index in [4.69, 9.17) is 15.6 Å². The minimum Gasteiger partial charge on any atom is -0.618 e. The summed E-state index contributed by atoms with van der Waals surface area (Å²) in [6, 6.07) is 2.44. The van der Waals surface area contributed by atoms with Crippen LogP contribution >= 0.6 is 0 Å². The molecule has 1 atom stereocenters. The summed E-state index contributed by atoms with van der Waals surface area (Å²) in [5, 5.41) is 21.3. The number of halogens is 5.